The summed E-state index contributed by atoms with van der Waals surface area (Å²) in [5.41, 5.74) is 6.89. The van der Waals surface area contributed by atoms with E-state index in [0.717, 1.165) is 26.8 Å². The second-order valence-corrected chi connectivity index (χ2v) is 7.86. The predicted molar refractivity (Wildman–Crippen MR) is 100 cm³/mol. The van der Waals surface area contributed by atoms with Crippen molar-refractivity contribution in [1.82, 2.24) is 14.6 Å². The van der Waals surface area contributed by atoms with E-state index in [0.29, 0.717) is 0 Å². The molecule has 6 heteroatoms. The third-order valence-electron chi connectivity index (χ3n) is 3.62. The Morgan fingerprint density at radius 2 is 1.92 bits per heavy atom. The molecule has 1 amide bonds. The van der Waals surface area contributed by atoms with E-state index >= 15 is 0 Å². The highest BCUT2D eigenvalue weighted by Gasteiger charge is 2.20. The van der Waals surface area contributed by atoms with Gasteiger partial charge in [-0.05, 0) is 29.8 Å². The van der Waals surface area contributed by atoms with Crippen molar-refractivity contribution in [3.05, 3.63) is 60.1 Å². The molecular formula is C19H20N4OS. The van der Waals surface area contributed by atoms with E-state index in [1.807, 2.05) is 40.8 Å². The summed E-state index contributed by atoms with van der Waals surface area (Å²) in [6.07, 6.45) is 5.16. The molecule has 25 heavy (non-hydrogen) atoms. The van der Waals surface area contributed by atoms with Crippen LogP contribution in [0.25, 0.3) is 11.7 Å². The Hall–Kier alpha value is -2.60. The summed E-state index contributed by atoms with van der Waals surface area (Å²) in [7, 11) is 0. The Labute approximate surface area is 151 Å². The summed E-state index contributed by atoms with van der Waals surface area (Å²) in [6, 6.07) is 11.9. The molecule has 3 aromatic rings. The fourth-order valence-electron chi connectivity index (χ4n) is 2.45. The third kappa shape index (κ3) is 3.91. The SMILES string of the molecule is CC(C)(C)c1nnc2ccc(Sc3ccccc3/C=C/C(N)=O)cn12. The highest BCUT2D eigenvalue weighted by Crippen LogP contribution is 2.32. The first-order valence-corrected chi connectivity index (χ1v) is 8.76. The maximum atomic E-state index is 11.0. The topological polar surface area (TPSA) is 73.3 Å². The van der Waals surface area contributed by atoms with Gasteiger partial charge >= 0.3 is 0 Å². The fourth-order valence-corrected chi connectivity index (χ4v) is 3.40. The van der Waals surface area contributed by atoms with E-state index < -0.39 is 5.91 Å². The van der Waals surface area contributed by atoms with Gasteiger partial charge in [0.2, 0.25) is 5.91 Å². The van der Waals surface area contributed by atoms with E-state index in [1.165, 1.54) is 6.08 Å². The van der Waals surface area contributed by atoms with Crippen molar-refractivity contribution >= 4 is 29.4 Å². The number of aromatic nitrogens is 3. The number of amides is 1. The number of hydrogen-bond acceptors (Lipinski definition) is 4. The first-order valence-electron chi connectivity index (χ1n) is 7.94. The van der Waals surface area contributed by atoms with E-state index in [2.05, 4.69) is 37.2 Å². The van der Waals surface area contributed by atoms with Crippen molar-refractivity contribution in [2.45, 2.75) is 36.0 Å². The van der Waals surface area contributed by atoms with Crippen molar-refractivity contribution < 1.29 is 4.79 Å². The molecule has 5 nitrogen and oxygen atoms in total. The molecule has 0 unspecified atom stereocenters. The molecule has 2 N–H and O–H groups in total. The molecule has 0 radical (unpaired) electrons. The molecule has 0 saturated carbocycles. The van der Waals surface area contributed by atoms with Crippen molar-refractivity contribution in [3.8, 4) is 0 Å². The van der Waals surface area contributed by atoms with E-state index in [-0.39, 0.29) is 5.41 Å². The fraction of sp³-hybridized carbons (Fsp3) is 0.211. The molecule has 0 atom stereocenters. The minimum absolute atomic E-state index is 0.0924. The zero-order chi connectivity index (χ0) is 18.0. The van der Waals surface area contributed by atoms with Crippen molar-refractivity contribution in [3.63, 3.8) is 0 Å². The number of carbonyl (C=O) groups is 1. The van der Waals surface area contributed by atoms with Gasteiger partial charge in [-0.2, -0.15) is 0 Å². The number of hydrogen-bond donors (Lipinski definition) is 1. The van der Waals surface area contributed by atoms with Gasteiger partial charge < -0.3 is 5.73 Å². The first-order chi connectivity index (χ1) is 11.8. The lowest BCUT2D eigenvalue weighted by Crippen LogP contribution is -2.15. The van der Waals surface area contributed by atoms with Crippen LogP contribution in [0.5, 0.6) is 0 Å². The lowest BCUT2D eigenvalue weighted by molar-refractivity contribution is -0.113. The lowest BCUT2D eigenvalue weighted by atomic mass is 9.96. The number of rotatable bonds is 4. The summed E-state index contributed by atoms with van der Waals surface area (Å²) in [5, 5.41) is 8.56. The minimum atomic E-state index is -0.458. The first kappa shape index (κ1) is 17.2. The maximum Gasteiger partial charge on any atom is 0.241 e. The normalized spacial score (nSPS) is 12.1. The third-order valence-corrected chi connectivity index (χ3v) is 4.69. The number of primary amides is 1. The number of nitrogens with zero attached hydrogens (tertiary/aromatic N) is 3. The molecular weight excluding hydrogens is 332 g/mol. The van der Waals surface area contributed by atoms with E-state index in [1.54, 1.807) is 17.8 Å². The Morgan fingerprint density at radius 1 is 1.16 bits per heavy atom. The molecule has 0 aliphatic carbocycles. The maximum absolute atomic E-state index is 11.0. The molecule has 128 valence electrons. The molecule has 2 heterocycles. The van der Waals surface area contributed by atoms with Gasteiger partial charge in [-0.1, -0.05) is 50.7 Å². The molecule has 0 aliphatic rings. The van der Waals surface area contributed by atoms with Gasteiger partial charge in [0, 0.05) is 27.5 Å². The number of benzene rings is 1. The van der Waals surface area contributed by atoms with Crippen molar-refractivity contribution in [2.24, 2.45) is 5.73 Å². The second kappa shape index (κ2) is 6.72. The molecule has 0 saturated heterocycles. The highest BCUT2D eigenvalue weighted by molar-refractivity contribution is 7.99. The molecule has 1 aromatic carbocycles. The summed E-state index contributed by atoms with van der Waals surface area (Å²) in [6.45, 7) is 6.35. The smallest absolute Gasteiger partial charge is 0.241 e. The molecule has 0 bridgehead atoms. The Bertz CT molecular complexity index is 953. The van der Waals surface area contributed by atoms with Gasteiger partial charge in [0.25, 0.3) is 0 Å². The van der Waals surface area contributed by atoms with Crippen LogP contribution in [-0.2, 0) is 10.2 Å². The largest absolute Gasteiger partial charge is 0.366 e. The average molecular weight is 352 g/mol. The van der Waals surface area contributed by atoms with Crippen LogP contribution in [0.4, 0.5) is 0 Å². The van der Waals surface area contributed by atoms with E-state index in [9.17, 15) is 4.79 Å². The zero-order valence-electron chi connectivity index (χ0n) is 14.4. The summed E-state index contributed by atoms with van der Waals surface area (Å²) in [5.74, 6) is 0.465. The standard InChI is InChI=1S/C19H20N4OS/c1-19(2,3)18-22-21-17-11-9-14(12-23(17)18)25-15-7-5-4-6-13(15)8-10-16(20)24/h4-12H,1-3H3,(H2,20,24)/b10-8+. The van der Waals surface area contributed by atoms with Gasteiger partial charge in [-0.15, -0.1) is 10.2 Å². The summed E-state index contributed by atoms with van der Waals surface area (Å²) >= 11 is 1.62. The van der Waals surface area contributed by atoms with Gasteiger partial charge in [0.05, 0.1) is 0 Å². The van der Waals surface area contributed by atoms with Crippen LogP contribution in [0.15, 0.2) is 58.5 Å². The van der Waals surface area contributed by atoms with Crippen LogP contribution in [0.2, 0.25) is 0 Å². The van der Waals surface area contributed by atoms with E-state index in [4.69, 9.17) is 5.73 Å². The number of pyridine rings is 1. The number of fused-ring (bicyclic) bond motifs is 1. The molecule has 0 fully saturated rings. The van der Waals surface area contributed by atoms with Crippen LogP contribution < -0.4 is 5.73 Å². The lowest BCUT2D eigenvalue weighted by Gasteiger charge is -2.16. The summed E-state index contributed by atoms with van der Waals surface area (Å²) in [4.78, 5) is 13.1. The molecule has 3 rings (SSSR count). The van der Waals surface area contributed by atoms with Gasteiger partial charge in [-0.3, -0.25) is 9.20 Å². The van der Waals surface area contributed by atoms with Crippen molar-refractivity contribution in [2.75, 3.05) is 0 Å². The Balaban J connectivity index is 1.98. The van der Waals surface area contributed by atoms with Crippen LogP contribution in [0.3, 0.4) is 0 Å². The highest BCUT2D eigenvalue weighted by atomic mass is 32.2. The Kier molecular flexibility index (Phi) is 4.63. The zero-order valence-corrected chi connectivity index (χ0v) is 15.2. The number of nitrogens with two attached hydrogens (primary N) is 1. The van der Waals surface area contributed by atoms with Gasteiger partial charge in [-0.25, -0.2) is 0 Å². The van der Waals surface area contributed by atoms with Crippen LogP contribution in [0, 0.1) is 0 Å². The Morgan fingerprint density at radius 3 is 2.64 bits per heavy atom. The summed E-state index contributed by atoms with van der Waals surface area (Å²) < 4.78 is 2.03. The van der Waals surface area contributed by atoms with Crippen LogP contribution in [-0.4, -0.2) is 20.5 Å². The quantitative estimate of drug-likeness (QED) is 0.727. The van der Waals surface area contributed by atoms with Crippen LogP contribution >= 0.6 is 11.8 Å². The monoisotopic (exact) mass is 352 g/mol. The molecule has 0 spiro atoms. The molecule has 2 aromatic heterocycles. The predicted octanol–water partition coefficient (Wildman–Crippen LogP) is 3.68. The van der Waals surface area contributed by atoms with Gasteiger partial charge in [0.1, 0.15) is 5.82 Å². The van der Waals surface area contributed by atoms with Gasteiger partial charge in [0.15, 0.2) is 5.65 Å². The number of carbonyl (C=O) groups excluding carboxylic acids is 1. The minimum Gasteiger partial charge on any atom is -0.366 e. The molecule has 0 aliphatic heterocycles. The van der Waals surface area contributed by atoms with Crippen molar-refractivity contribution in [1.29, 1.82) is 0 Å². The average Bonchev–Trinajstić information content (AvgIpc) is 2.97. The van der Waals surface area contributed by atoms with Crippen LogP contribution in [0.1, 0.15) is 32.2 Å². The second-order valence-electron chi connectivity index (χ2n) is 6.74.